The van der Waals surface area contributed by atoms with Gasteiger partial charge in [-0.15, -0.1) is 11.3 Å². The molecule has 2 aromatic carbocycles. The van der Waals surface area contributed by atoms with Crippen LogP contribution in [0.1, 0.15) is 30.9 Å². The molecule has 254 valence electrons. The van der Waals surface area contributed by atoms with E-state index in [4.69, 9.17) is 21.4 Å². The lowest BCUT2D eigenvalue weighted by Gasteiger charge is -2.49. The Morgan fingerprint density at radius 1 is 1.04 bits per heavy atom. The molecule has 3 aliphatic heterocycles. The number of phenolic OH excluding ortho intramolecular Hbond substituents is 1. The number of ether oxygens (including phenoxy) is 1. The van der Waals surface area contributed by atoms with E-state index >= 15 is 0 Å². The molecular formula is C37H31ClN4O7S. The summed E-state index contributed by atoms with van der Waals surface area (Å²) in [4.78, 5) is 58.1. The number of rotatable bonds is 3. The van der Waals surface area contributed by atoms with Crippen LogP contribution in [-0.2, 0) is 32.6 Å². The van der Waals surface area contributed by atoms with E-state index in [9.17, 15) is 29.5 Å². The summed E-state index contributed by atoms with van der Waals surface area (Å²) < 4.78 is 8.63. The second-order valence-corrected chi connectivity index (χ2v) is 15.6. The highest BCUT2D eigenvalue weighted by atomic mass is 35.5. The van der Waals surface area contributed by atoms with Crippen LogP contribution in [0.5, 0.6) is 11.5 Å². The number of imide groups is 2. The Balaban J connectivity index is 1.16. The molecule has 0 spiro atoms. The van der Waals surface area contributed by atoms with Crippen LogP contribution in [0.25, 0.3) is 20.7 Å². The molecular weight excluding hydrogens is 680 g/mol. The van der Waals surface area contributed by atoms with Crippen molar-refractivity contribution in [2.45, 2.75) is 33.1 Å². The van der Waals surface area contributed by atoms with Crippen LogP contribution in [0.3, 0.4) is 0 Å². The van der Waals surface area contributed by atoms with Gasteiger partial charge in [0, 0.05) is 40.7 Å². The van der Waals surface area contributed by atoms with E-state index in [1.54, 1.807) is 47.5 Å². The fourth-order valence-corrected chi connectivity index (χ4v) is 10.6. The van der Waals surface area contributed by atoms with Gasteiger partial charge in [0.1, 0.15) is 23.0 Å². The topological polar surface area (TPSA) is 142 Å². The monoisotopic (exact) mass is 710 g/mol. The van der Waals surface area contributed by atoms with Crippen molar-refractivity contribution in [3.8, 4) is 22.1 Å². The number of nitrogens with zero attached hydrogens (tertiary/aromatic N) is 4. The number of carbonyl (C=O) groups is 4. The number of hydrogen-bond acceptors (Lipinski definition) is 9. The first-order chi connectivity index (χ1) is 23.9. The molecule has 9 rings (SSSR count). The fraction of sp³-hybridized carbons (Fsp3) is 0.324. The van der Waals surface area contributed by atoms with Crippen molar-refractivity contribution < 1.29 is 34.2 Å². The van der Waals surface area contributed by atoms with Gasteiger partial charge in [-0.05, 0) is 85.5 Å². The summed E-state index contributed by atoms with van der Waals surface area (Å²) in [6, 6.07) is 12.3. The van der Waals surface area contributed by atoms with Crippen molar-refractivity contribution >= 4 is 62.5 Å². The van der Waals surface area contributed by atoms with Gasteiger partial charge in [0.05, 0.1) is 34.3 Å². The molecule has 6 atom stereocenters. The molecule has 2 N–H and O–H groups in total. The predicted octanol–water partition coefficient (Wildman–Crippen LogP) is 5.94. The van der Waals surface area contributed by atoms with Crippen molar-refractivity contribution in [3.05, 3.63) is 82.1 Å². The zero-order chi connectivity index (χ0) is 35.0. The van der Waals surface area contributed by atoms with Crippen molar-refractivity contribution in [1.29, 1.82) is 0 Å². The predicted molar refractivity (Wildman–Crippen MR) is 183 cm³/mol. The number of allylic oxidation sites excluding steroid dienone is 3. The summed E-state index contributed by atoms with van der Waals surface area (Å²) in [6.07, 6.45) is 4.24. The number of phenols is 1. The minimum Gasteiger partial charge on any atom is -0.508 e. The number of amides is 4. The third-order valence-corrected chi connectivity index (χ3v) is 13.1. The highest BCUT2D eigenvalue weighted by molar-refractivity contribution is 7.22. The molecule has 0 bridgehead atoms. The molecule has 0 radical (unpaired) electrons. The van der Waals surface area contributed by atoms with E-state index in [2.05, 4.69) is 0 Å². The number of thiophene rings is 1. The average Bonchev–Trinajstić information content (AvgIpc) is 3.75. The van der Waals surface area contributed by atoms with Crippen molar-refractivity contribution in [2.75, 3.05) is 4.90 Å². The molecule has 2 saturated heterocycles. The Kier molecular flexibility index (Phi) is 6.63. The molecule has 2 aliphatic carbocycles. The molecule has 2 aromatic heterocycles. The van der Waals surface area contributed by atoms with Crippen molar-refractivity contribution in [1.82, 2.24) is 14.8 Å². The first-order valence-electron chi connectivity index (χ1n) is 16.4. The summed E-state index contributed by atoms with van der Waals surface area (Å²) in [5.74, 6) is -4.87. The smallest absolute Gasteiger partial charge is 0.257 e. The van der Waals surface area contributed by atoms with Gasteiger partial charge in [-0.25, -0.2) is 4.90 Å². The number of halogens is 1. The highest BCUT2D eigenvalue weighted by Crippen LogP contribution is 2.63. The lowest BCUT2D eigenvalue weighted by atomic mass is 9.51. The Morgan fingerprint density at radius 2 is 1.84 bits per heavy atom. The van der Waals surface area contributed by atoms with E-state index in [0.717, 1.165) is 37.2 Å². The van der Waals surface area contributed by atoms with Crippen LogP contribution in [0, 0.1) is 41.9 Å². The number of benzene rings is 2. The molecule has 11 nitrogen and oxygen atoms in total. The zero-order valence-corrected chi connectivity index (χ0v) is 28.8. The van der Waals surface area contributed by atoms with Gasteiger partial charge in [-0.1, -0.05) is 23.3 Å². The lowest BCUT2D eigenvalue weighted by Crippen LogP contribution is -2.51. The number of aromatic nitrogens is 2. The quantitative estimate of drug-likeness (QED) is 0.151. The summed E-state index contributed by atoms with van der Waals surface area (Å²) in [6.45, 7) is 3.80. The van der Waals surface area contributed by atoms with Gasteiger partial charge in [-0.3, -0.25) is 29.1 Å². The number of carbonyl (C=O) groups excluding carboxylic acids is 4. The van der Waals surface area contributed by atoms with Crippen LogP contribution in [0.4, 0.5) is 5.82 Å². The minimum absolute atomic E-state index is 0.0688. The normalized spacial score (nSPS) is 28.7. The van der Waals surface area contributed by atoms with E-state index < -0.39 is 58.6 Å². The zero-order valence-electron chi connectivity index (χ0n) is 27.2. The van der Waals surface area contributed by atoms with E-state index in [0.29, 0.717) is 28.7 Å². The minimum atomic E-state index is -1.28. The van der Waals surface area contributed by atoms with E-state index in [1.807, 2.05) is 38.1 Å². The molecule has 4 amide bonds. The van der Waals surface area contributed by atoms with Crippen molar-refractivity contribution in [3.63, 3.8) is 0 Å². The molecule has 4 aromatic rings. The van der Waals surface area contributed by atoms with Gasteiger partial charge in [0.25, 0.3) is 11.8 Å². The van der Waals surface area contributed by atoms with Crippen LogP contribution in [-0.4, -0.2) is 48.8 Å². The molecule has 5 aliphatic rings. The van der Waals surface area contributed by atoms with Crippen molar-refractivity contribution in [2.24, 2.45) is 42.1 Å². The molecule has 6 unspecified atom stereocenters. The summed E-state index contributed by atoms with van der Waals surface area (Å²) in [5, 5.41) is 27.3. The summed E-state index contributed by atoms with van der Waals surface area (Å²) >= 11 is 7.85. The molecule has 13 heteroatoms. The van der Waals surface area contributed by atoms with Gasteiger partial charge < -0.3 is 9.84 Å². The molecule has 50 heavy (non-hydrogen) atoms. The van der Waals surface area contributed by atoms with Crippen LogP contribution < -0.4 is 9.64 Å². The van der Waals surface area contributed by atoms with Gasteiger partial charge in [-0.2, -0.15) is 10.2 Å². The molecule has 3 fully saturated rings. The largest absolute Gasteiger partial charge is 0.508 e. The van der Waals surface area contributed by atoms with Gasteiger partial charge in [0.15, 0.2) is 0 Å². The van der Waals surface area contributed by atoms with E-state index in [-0.39, 0.29) is 23.7 Å². The standard InChI is InChI=1S/C37H31ClN4O7S/c1-16-23-12-19(38)4-9-28(23)50-32(16)26-14-29(40(3)39-26)41-34(45)25-13-24-21(6-7-22-30(24)35(46)42(48)33(22)44)31(37(25,2)36(41)47)18-10-17-11-20(43)5-8-27(17)49-15-18/h4-6,8-9,11-12,14-15,22,24-25,30-31,43,48H,7,10,13H2,1-3H3. The van der Waals surface area contributed by atoms with Crippen LogP contribution in [0.2, 0.25) is 5.02 Å². The van der Waals surface area contributed by atoms with Crippen LogP contribution in [0.15, 0.2) is 65.9 Å². The number of hydroxylamine groups is 2. The lowest BCUT2D eigenvalue weighted by molar-refractivity contribution is -0.173. The first kappa shape index (κ1) is 31.2. The Morgan fingerprint density at radius 3 is 2.64 bits per heavy atom. The maximum absolute atomic E-state index is 15.0. The maximum atomic E-state index is 15.0. The van der Waals surface area contributed by atoms with Crippen LogP contribution >= 0.6 is 22.9 Å². The number of anilines is 1. The Labute approximate surface area is 294 Å². The maximum Gasteiger partial charge on any atom is 0.257 e. The van der Waals surface area contributed by atoms with Gasteiger partial charge in [0.2, 0.25) is 11.8 Å². The third kappa shape index (κ3) is 4.09. The Hall–Kier alpha value is -4.78. The Bertz CT molecular complexity index is 2310. The second-order valence-electron chi connectivity index (χ2n) is 14.1. The number of aryl methyl sites for hydroxylation is 2. The fourth-order valence-electron chi connectivity index (χ4n) is 9.26. The second kappa shape index (κ2) is 10.6. The summed E-state index contributed by atoms with van der Waals surface area (Å²) in [7, 11) is 1.70. The van der Waals surface area contributed by atoms with Gasteiger partial charge >= 0.3 is 0 Å². The highest BCUT2D eigenvalue weighted by Gasteiger charge is 2.68. The first-order valence-corrected chi connectivity index (χ1v) is 17.6. The third-order valence-electron chi connectivity index (χ3n) is 11.6. The molecule has 5 heterocycles. The average molecular weight is 711 g/mol. The number of fused-ring (bicyclic) bond motifs is 6. The number of aromatic hydroxyl groups is 1. The van der Waals surface area contributed by atoms with E-state index in [1.165, 1.54) is 11.0 Å². The molecule has 1 saturated carbocycles. The summed E-state index contributed by atoms with van der Waals surface area (Å²) in [5.41, 5.74) is 2.55. The SMILES string of the molecule is Cc1c(-c2cc(N3C(=O)C4CC5C(=CCC6C(=O)N(O)C(=O)C65)C(C5=COc6ccc(O)cc6C5)C4(C)C3=O)n(C)n2)sc2ccc(Cl)cc12. The number of hydrogen-bond donors (Lipinski definition) is 2.